The lowest BCUT2D eigenvalue weighted by atomic mass is 10.1. The molecule has 0 aromatic rings. The molecule has 15 heavy (non-hydrogen) atoms. The smallest absolute Gasteiger partial charge is 0.0355 e. The summed E-state index contributed by atoms with van der Waals surface area (Å²) in [5.41, 5.74) is 0. The highest BCUT2D eigenvalue weighted by Crippen LogP contribution is 2.24. The Morgan fingerprint density at radius 1 is 0.867 bits per heavy atom. The van der Waals surface area contributed by atoms with E-state index in [1.54, 1.807) is 0 Å². The van der Waals surface area contributed by atoms with Crippen LogP contribution in [0.25, 0.3) is 0 Å². The molecule has 0 spiro atoms. The van der Waals surface area contributed by atoms with Crippen LogP contribution in [0.2, 0.25) is 0 Å². The zero-order valence-electron chi connectivity index (χ0n) is 10.6. The van der Waals surface area contributed by atoms with E-state index in [0.29, 0.717) is 0 Å². The standard InChI is InChI=1S/C13H26S2/c1-4-5-6-7-8-9-10-11-12-13(14-2)15-3/h12H,4-11H2,1-3H3. The third-order valence-corrected chi connectivity index (χ3v) is 4.66. The van der Waals surface area contributed by atoms with E-state index in [0.717, 1.165) is 0 Å². The van der Waals surface area contributed by atoms with Gasteiger partial charge in [-0.3, -0.25) is 0 Å². The molecule has 0 aromatic carbocycles. The van der Waals surface area contributed by atoms with Gasteiger partial charge in [0.1, 0.15) is 0 Å². The number of unbranched alkanes of at least 4 members (excludes halogenated alkanes) is 7. The van der Waals surface area contributed by atoms with Crippen LogP contribution in [0.15, 0.2) is 10.3 Å². The van der Waals surface area contributed by atoms with Crippen LogP contribution in [0.1, 0.15) is 58.3 Å². The minimum atomic E-state index is 1.27. The van der Waals surface area contributed by atoms with Gasteiger partial charge in [0.15, 0.2) is 0 Å². The van der Waals surface area contributed by atoms with Crippen LogP contribution in [-0.2, 0) is 0 Å². The number of hydrogen-bond donors (Lipinski definition) is 0. The van der Waals surface area contributed by atoms with Gasteiger partial charge in [-0.2, -0.15) is 0 Å². The Labute approximate surface area is 105 Å². The molecule has 2 heteroatoms. The summed E-state index contributed by atoms with van der Waals surface area (Å²) in [4.78, 5) is 0. The predicted molar refractivity (Wildman–Crippen MR) is 77.7 cm³/mol. The van der Waals surface area contributed by atoms with Crippen LogP contribution < -0.4 is 0 Å². The molecule has 0 N–H and O–H groups in total. The summed E-state index contributed by atoms with van der Waals surface area (Å²) in [6.45, 7) is 2.27. The van der Waals surface area contributed by atoms with E-state index in [1.165, 1.54) is 55.6 Å². The van der Waals surface area contributed by atoms with E-state index in [2.05, 4.69) is 25.5 Å². The molecule has 0 atom stereocenters. The second-order valence-electron chi connectivity index (χ2n) is 3.84. The molecule has 0 amide bonds. The molecule has 0 saturated heterocycles. The second kappa shape index (κ2) is 12.5. The first kappa shape index (κ1) is 15.4. The Balaban J connectivity index is 3.20. The highest BCUT2D eigenvalue weighted by atomic mass is 32.2. The lowest BCUT2D eigenvalue weighted by Gasteiger charge is -2.00. The maximum Gasteiger partial charge on any atom is 0.0355 e. The van der Waals surface area contributed by atoms with Gasteiger partial charge >= 0.3 is 0 Å². The highest BCUT2D eigenvalue weighted by molar-refractivity contribution is 8.21. The summed E-state index contributed by atoms with van der Waals surface area (Å²) in [6.07, 6.45) is 17.8. The van der Waals surface area contributed by atoms with Crippen LogP contribution in [0.5, 0.6) is 0 Å². The maximum absolute atomic E-state index is 2.39. The van der Waals surface area contributed by atoms with Crippen LogP contribution >= 0.6 is 23.5 Å². The van der Waals surface area contributed by atoms with Crippen molar-refractivity contribution in [3.05, 3.63) is 10.3 Å². The van der Waals surface area contributed by atoms with Crippen molar-refractivity contribution in [2.24, 2.45) is 0 Å². The molecule has 90 valence electrons. The Kier molecular flexibility index (Phi) is 12.9. The van der Waals surface area contributed by atoms with E-state index in [1.807, 2.05) is 23.5 Å². The number of hydrogen-bond acceptors (Lipinski definition) is 2. The Hall–Kier alpha value is 0.440. The summed E-state index contributed by atoms with van der Waals surface area (Å²) in [6, 6.07) is 0. The molecule has 0 fully saturated rings. The molecule has 0 saturated carbocycles. The van der Waals surface area contributed by atoms with Crippen molar-refractivity contribution in [1.82, 2.24) is 0 Å². The fraction of sp³-hybridized carbons (Fsp3) is 0.846. The van der Waals surface area contributed by atoms with Crippen molar-refractivity contribution in [3.63, 3.8) is 0 Å². The Bertz CT molecular complexity index is 147. The zero-order valence-corrected chi connectivity index (χ0v) is 12.2. The largest absolute Gasteiger partial charge is 0.123 e. The minimum Gasteiger partial charge on any atom is -0.123 e. The maximum atomic E-state index is 2.39. The highest BCUT2D eigenvalue weighted by Gasteiger charge is 1.92. The molecule has 0 radical (unpaired) electrons. The SMILES string of the molecule is CCCCCCCCCC=C(SC)SC. The van der Waals surface area contributed by atoms with E-state index >= 15 is 0 Å². The van der Waals surface area contributed by atoms with E-state index in [9.17, 15) is 0 Å². The van der Waals surface area contributed by atoms with Crippen LogP contribution in [0.3, 0.4) is 0 Å². The van der Waals surface area contributed by atoms with Gasteiger partial charge in [0, 0.05) is 4.24 Å². The van der Waals surface area contributed by atoms with Crippen molar-refractivity contribution in [2.75, 3.05) is 12.5 Å². The molecule has 0 unspecified atom stereocenters. The fourth-order valence-corrected chi connectivity index (χ4v) is 2.81. The molecule has 0 rings (SSSR count). The molecular weight excluding hydrogens is 220 g/mol. The lowest BCUT2D eigenvalue weighted by Crippen LogP contribution is -1.79. The first-order chi connectivity index (χ1) is 7.35. The summed E-state index contributed by atoms with van der Waals surface area (Å²) in [5.74, 6) is 0. The van der Waals surface area contributed by atoms with Gasteiger partial charge in [-0.25, -0.2) is 0 Å². The van der Waals surface area contributed by atoms with Gasteiger partial charge in [0.05, 0.1) is 0 Å². The van der Waals surface area contributed by atoms with E-state index < -0.39 is 0 Å². The normalized spacial score (nSPS) is 10.3. The van der Waals surface area contributed by atoms with Gasteiger partial charge in [-0.05, 0) is 25.4 Å². The topological polar surface area (TPSA) is 0 Å². The first-order valence-electron chi connectivity index (χ1n) is 6.13. The average Bonchev–Trinajstić information content (AvgIpc) is 2.27. The van der Waals surface area contributed by atoms with Crippen LogP contribution in [0.4, 0.5) is 0 Å². The van der Waals surface area contributed by atoms with Gasteiger partial charge in [-0.1, -0.05) is 51.5 Å². The molecule has 0 heterocycles. The molecule has 0 aliphatic heterocycles. The molecular formula is C13H26S2. The van der Waals surface area contributed by atoms with Crippen molar-refractivity contribution in [1.29, 1.82) is 0 Å². The fourth-order valence-electron chi connectivity index (χ4n) is 1.57. The number of rotatable bonds is 10. The third kappa shape index (κ3) is 10.7. The second-order valence-corrected chi connectivity index (χ2v) is 5.80. The lowest BCUT2D eigenvalue weighted by molar-refractivity contribution is 0.592. The molecule has 0 aliphatic rings. The predicted octanol–water partition coefficient (Wildman–Crippen LogP) is 5.69. The molecule has 0 aromatic heterocycles. The third-order valence-electron chi connectivity index (χ3n) is 2.52. The molecule has 0 aliphatic carbocycles. The van der Waals surface area contributed by atoms with E-state index in [-0.39, 0.29) is 0 Å². The van der Waals surface area contributed by atoms with Gasteiger partial charge in [0.25, 0.3) is 0 Å². The summed E-state index contributed by atoms with van der Waals surface area (Å²) < 4.78 is 1.47. The van der Waals surface area contributed by atoms with Crippen molar-refractivity contribution >= 4 is 23.5 Å². The van der Waals surface area contributed by atoms with E-state index in [4.69, 9.17) is 0 Å². The van der Waals surface area contributed by atoms with Crippen LogP contribution in [-0.4, -0.2) is 12.5 Å². The van der Waals surface area contributed by atoms with Gasteiger partial charge in [-0.15, -0.1) is 23.5 Å². The zero-order chi connectivity index (χ0) is 11.4. The number of allylic oxidation sites excluding steroid dienone is 1. The van der Waals surface area contributed by atoms with Crippen molar-refractivity contribution in [2.45, 2.75) is 58.3 Å². The molecule has 0 bridgehead atoms. The van der Waals surface area contributed by atoms with Crippen molar-refractivity contribution < 1.29 is 0 Å². The summed E-state index contributed by atoms with van der Waals surface area (Å²) >= 11 is 3.74. The van der Waals surface area contributed by atoms with Crippen LogP contribution in [0, 0.1) is 0 Å². The first-order valence-corrected chi connectivity index (χ1v) is 8.58. The average molecular weight is 246 g/mol. The quantitative estimate of drug-likeness (QED) is 0.454. The minimum absolute atomic E-state index is 1.27. The Morgan fingerprint density at radius 3 is 1.93 bits per heavy atom. The number of thioether (sulfide) groups is 2. The summed E-state index contributed by atoms with van der Waals surface area (Å²) in [7, 11) is 0. The van der Waals surface area contributed by atoms with Gasteiger partial charge < -0.3 is 0 Å². The van der Waals surface area contributed by atoms with Gasteiger partial charge in [0.2, 0.25) is 0 Å². The monoisotopic (exact) mass is 246 g/mol. The summed E-state index contributed by atoms with van der Waals surface area (Å²) in [5, 5.41) is 0. The van der Waals surface area contributed by atoms with Crippen molar-refractivity contribution in [3.8, 4) is 0 Å². The molecule has 0 nitrogen and oxygen atoms in total. The Morgan fingerprint density at radius 2 is 1.40 bits per heavy atom.